The van der Waals surface area contributed by atoms with Crippen molar-refractivity contribution < 1.29 is 4.74 Å². The monoisotopic (exact) mass is 210 g/mol. The molecule has 1 radical (unpaired) electrons. The summed E-state index contributed by atoms with van der Waals surface area (Å²) in [5, 5.41) is 0. The molecule has 0 aliphatic carbocycles. The maximum atomic E-state index is 5.61. The first-order valence-corrected chi connectivity index (χ1v) is 5.42. The van der Waals surface area contributed by atoms with E-state index in [9.17, 15) is 0 Å². The molecular weight excluding hydrogens is 198 g/mol. The van der Waals surface area contributed by atoms with Gasteiger partial charge >= 0.3 is 0 Å². The van der Waals surface area contributed by atoms with E-state index in [-0.39, 0.29) is 0 Å². The summed E-state index contributed by atoms with van der Waals surface area (Å²) in [6.45, 7) is 0.715. The molecule has 0 saturated carbocycles. The van der Waals surface area contributed by atoms with Crippen LogP contribution in [0.4, 0.5) is 0 Å². The molecule has 1 aromatic heterocycles. The van der Waals surface area contributed by atoms with E-state index >= 15 is 0 Å². The van der Waals surface area contributed by atoms with Crippen molar-refractivity contribution in [1.29, 1.82) is 0 Å². The zero-order valence-corrected chi connectivity index (χ0v) is 8.89. The van der Waals surface area contributed by atoms with E-state index in [0.717, 1.165) is 12.2 Å². The number of hydrogen-bond acceptors (Lipinski definition) is 2. The Morgan fingerprint density at radius 2 is 1.94 bits per heavy atom. The van der Waals surface area contributed by atoms with Crippen LogP contribution in [0, 0.1) is 6.42 Å². The van der Waals surface area contributed by atoms with Crippen molar-refractivity contribution in [2.24, 2.45) is 0 Å². The van der Waals surface area contributed by atoms with E-state index in [1.807, 2.05) is 36.7 Å². The fraction of sp³-hybridized carbons (Fsp3) is 0.143. The Balaban J connectivity index is 2.14. The Morgan fingerprint density at radius 1 is 1.06 bits per heavy atom. The number of pyridine rings is 1. The van der Waals surface area contributed by atoms with Gasteiger partial charge in [-0.3, -0.25) is 4.98 Å². The Morgan fingerprint density at radius 3 is 2.81 bits per heavy atom. The lowest BCUT2D eigenvalue weighted by Crippen LogP contribution is -2.09. The maximum absolute atomic E-state index is 5.61. The van der Waals surface area contributed by atoms with Crippen molar-refractivity contribution in [1.82, 2.24) is 4.98 Å². The van der Waals surface area contributed by atoms with Crippen LogP contribution in [-0.4, -0.2) is 11.6 Å². The standard InChI is InChI=1S/C14H12NO/c1-3-12(11-6-8-15-9-7-11)13-4-2-10-16-14(13)5-1/h1-3,5-9H,4,10H2. The SMILES string of the molecule is [CH]1COc2cccc(-c3ccncc3)c2C1. The number of fused-ring (bicyclic) bond motifs is 1. The summed E-state index contributed by atoms with van der Waals surface area (Å²) < 4.78 is 5.61. The molecule has 0 amide bonds. The summed E-state index contributed by atoms with van der Waals surface area (Å²) in [5.41, 5.74) is 3.72. The summed E-state index contributed by atoms with van der Waals surface area (Å²) in [6, 6.07) is 10.3. The summed E-state index contributed by atoms with van der Waals surface area (Å²) in [4.78, 5) is 4.04. The zero-order chi connectivity index (χ0) is 10.8. The molecule has 0 saturated heterocycles. The fourth-order valence-electron chi connectivity index (χ4n) is 2.07. The number of hydrogen-bond donors (Lipinski definition) is 0. The third-order valence-electron chi connectivity index (χ3n) is 2.83. The molecule has 16 heavy (non-hydrogen) atoms. The second kappa shape index (κ2) is 3.97. The molecule has 3 rings (SSSR count). The van der Waals surface area contributed by atoms with Gasteiger partial charge in [-0.05, 0) is 35.7 Å². The molecule has 1 aliphatic rings. The van der Waals surface area contributed by atoms with E-state index < -0.39 is 0 Å². The molecule has 0 fully saturated rings. The Labute approximate surface area is 94.9 Å². The predicted molar refractivity (Wildman–Crippen MR) is 63.2 cm³/mol. The van der Waals surface area contributed by atoms with Crippen molar-refractivity contribution in [3.8, 4) is 16.9 Å². The molecule has 2 heteroatoms. The average Bonchev–Trinajstić information content (AvgIpc) is 2.39. The van der Waals surface area contributed by atoms with Crippen LogP contribution < -0.4 is 4.74 Å². The summed E-state index contributed by atoms with van der Waals surface area (Å²) in [7, 11) is 0. The molecule has 2 aromatic rings. The van der Waals surface area contributed by atoms with Crippen LogP contribution >= 0.6 is 0 Å². The molecule has 79 valence electrons. The third kappa shape index (κ3) is 1.56. The smallest absolute Gasteiger partial charge is 0.123 e. The quantitative estimate of drug-likeness (QED) is 0.722. The topological polar surface area (TPSA) is 22.1 Å². The van der Waals surface area contributed by atoms with Crippen molar-refractivity contribution in [2.75, 3.05) is 6.61 Å². The molecule has 0 spiro atoms. The van der Waals surface area contributed by atoms with E-state index in [1.54, 1.807) is 0 Å². The second-order valence-electron chi connectivity index (χ2n) is 3.82. The molecule has 0 unspecified atom stereocenters. The lowest BCUT2D eigenvalue weighted by Gasteiger charge is -2.19. The lowest BCUT2D eigenvalue weighted by molar-refractivity contribution is 0.329. The van der Waals surface area contributed by atoms with Crippen molar-refractivity contribution in [3.63, 3.8) is 0 Å². The van der Waals surface area contributed by atoms with Crippen LogP contribution in [0.25, 0.3) is 11.1 Å². The summed E-state index contributed by atoms with van der Waals surface area (Å²) in [6.07, 6.45) is 6.78. The number of rotatable bonds is 1. The van der Waals surface area contributed by atoms with Crippen LogP contribution in [0.2, 0.25) is 0 Å². The largest absolute Gasteiger partial charge is 0.493 e. The van der Waals surface area contributed by atoms with Crippen LogP contribution in [0.5, 0.6) is 5.75 Å². The Kier molecular flexibility index (Phi) is 2.33. The minimum Gasteiger partial charge on any atom is -0.493 e. The number of aromatic nitrogens is 1. The molecule has 0 bridgehead atoms. The first-order chi connectivity index (χ1) is 7.95. The van der Waals surface area contributed by atoms with Gasteiger partial charge in [0.25, 0.3) is 0 Å². The second-order valence-corrected chi connectivity index (χ2v) is 3.82. The van der Waals surface area contributed by atoms with E-state index in [4.69, 9.17) is 4.74 Å². The van der Waals surface area contributed by atoms with E-state index in [0.29, 0.717) is 6.61 Å². The first kappa shape index (κ1) is 9.40. The normalized spacial score (nSPS) is 14.0. The van der Waals surface area contributed by atoms with Crippen LogP contribution in [0.15, 0.2) is 42.7 Å². The van der Waals surface area contributed by atoms with Gasteiger partial charge in [0.15, 0.2) is 0 Å². The van der Waals surface area contributed by atoms with E-state index in [2.05, 4.69) is 17.5 Å². The zero-order valence-electron chi connectivity index (χ0n) is 8.89. The highest BCUT2D eigenvalue weighted by Gasteiger charge is 2.14. The van der Waals surface area contributed by atoms with Crippen LogP contribution in [0.3, 0.4) is 0 Å². The molecule has 2 nitrogen and oxygen atoms in total. The fourth-order valence-corrected chi connectivity index (χ4v) is 2.07. The maximum Gasteiger partial charge on any atom is 0.123 e. The molecular formula is C14H12NO. The Bertz CT molecular complexity index is 493. The number of ether oxygens (including phenoxy) is 1. The van der Waals surface area contributed by atoms with E-state index in [1.165, 1.54) is 16.7 Å². The van der Waals surface area contributed by atoms with Gasteiger partial charge in [0.05, 0.1) is 6.61 Å². The lowest BCUT2D eigenvalue weighted by atomic mass is 9.95. The van der Waals surface area contributed by atoms with Gasteiger partial charge < -0.3 is 4.74 Å². The first-order valence-electron chi connectivity index (χ1n) is 5.42. The highest BCUT2D eigenvalue weighted by Crippen LogP contribution is 2.33. The van der Waals surface area contributed by atoms with Crippen molar-refractivity contribution in [2.45, 2.75) is 6.42 Å². The minimum atomic E-state index is 0.715. The summed E-state index contributed by atoms with van der Waals surface area (Å²) >= 11 is 0. The highest BCUT2D eigenvalue weighted by molar-refractivity contribution is 5.70. The van der Waals surface area contributed by atoms with Crippen LogP contribution in [-0.2, 0) is 6.42 Å². The molecule has 1 aliphatic heterocycles. The highest BCUT2D eigenvalue weighted by atomic mass is 16.5. The van der Waals surface area contributed by atoms with Gasteiger partial charge in [0.1, 0.15) is 5.75 Å². The number of nitrogens with zero attached hydrogens (tertiary/aromatic N) is 1. The van der Waals surface area contributed by atoms with Gasteiger partial charge in [-0.1, -0.05) is 12.1 Å². The minimum absolute atomic E-state index is 0.715. The molecule has 1 aromatic carbocycles. The molecule has 0 N–H and O–H groups in total. The summed E-state index contributed by atoms with van der Waals surface area (Å²) in [5.74, 6) is 1.01. The number of benzene rings is 1. The van der Waals surface area contributed by atoms with Gasteiger partial charge in [0, 0.05) is 24.4 Å². The predicted octanol–water partition coefficient (Wildman–Crippen LogP) is 2.89. The van der Waals surface area contributed by atoms with Gasteiger partial charge in [0.2, 0.25) is 0 Å². The molecule has 0 atom stereocenters. The van der Waals surface area contributed by atoms with Gasteiger partial charge in [-0.2, -0.15) is 0 Å². The van der Waals surface area contributed by atoms with Crippen molar-refractivity contribution >= 4 is 0 Å². The third-order valence-corrected chi connectivity index (χ3v) is 2.83. The average molecular weight is 210 g/mol. The van der Waals surface area contributed by atoms with Crippen molar-refractivity contribution in [3.05, 3.63) is 54.7 Å². The Hall–Kier alpha value is -1.83. The van der Waals surface area contributed by atoms with Crippen LogP contribution in [0.1, 0.15) is 5.56 Å². The molecule has 2 heterocycles. The van der Waals surface area contributed by atoms with Gasteiger partial charge in [-0.25, -0.2) is 0 Å². The van der Waals surface area contributed by atoms with Gasteiger partial charge in [-0.15, -0.1) is 0 Å².